The van der Waals surface area contributed by atoms with E-state index in [9.17, 15) is 23.0 Å². The molecule has 2 aromatic carbocycles. The Morgan fingerprint density at radius 1 is 1.19 bits per heavy atom. The number of rotatable bonds is 10. The van der Waals surface area contributed by atoms with Gasteiger partial charge in [0.05, 0.1) is 22.4 Å². The second-order valence-electron chi connectivity index (χ2n) is 8.24. The van der Waals surface area contributed by atoms with Crippen LogP contribution in [0.4, 0.5) is 5.69 Å². The molecule has 11 heteroatoms. The van der Waals surface area contributed by atoms with E-state index in [2.05, 4.69) is 13.9 Å². The second-order valence-corrected chi connectivity index (χ2v) is 10.4. The van der Waals surface area contributed by atoms with E-state index >= 15 is 0 Å². The van der Waals surface area contributed by atoms with Crippen molar-refractivity contribution in [3.63, 3.8) is 0 Å². The molecule has 2 aromatic rings. The molecule has 9 nitrogen and oxygen atoms in total. The van der Waals surface area contributed by atoms with Gasteiger partial charge in [-0.05, 0) is 55.7 Å². The molecule has 2 N–H and O–H groups in total. The molecule has 3 rings (SSSR count). The van der Waals surface area contributed by atoms with Crippen LogP contribution < -0.4 is 5.26 Å². The third kappa shape index (κ3) is 4.82. The lowest BCUT2D eigenvalue weighted by Gasteiger charge is -2.18. The highest BCUT2D eigenvalue weighted by Crippen LogP contribution is 2.46. The van der Waals surface area contributed by atoms with Crippen LogP contribution in [0.2, 0.25) is 0 Å². The lowest BCUT2D eigenvalue weighted by atomic mass is 9.80. The number of carboxylic acid groups (broad SMARTS) is 1. The Hall–Kier alpha value is -2.02. The van der Waals surface area contributed by atoms with E-state index in [0.717, 1.165) is 29.8 Å². The van der Waals surface area contributed by atoms with Crippen molar-refractivity contribution in [1.82, 2.24) is 0 Å². The predicted octanol–water partition coefficient (Wildman–Crippen LogP) is 3.36. The normalized spacial score (nSPS) is 15.4. The van der Waals surface area contributed by atoms with Gasteiger partial charge in [0.2, 0.25) is 5.69 Å². The van der Waals surface area contributed by atoms with Crippen molar-refractivity contribution in [2.45, 2.75) is 61.7 Å². The maximum Gasteiger partial charge on any atom is 0.303 e. The number of carboxylic acids is 1. The first-order valence-corrected chi connectivity index (χ1v) is 12.2. The average Bonchev–Trinajstić information content (AvgIpc) is 2.91. The molecule has 0 bridgehead atoms. The fourth-order valence-corrected chi connectivity index (χ4v) is 5.38. The fraction of sp³-hybridized carbons (Fsp3) is 0.429. The zero-order chi connectivity index (χ0) is 23.7. The summed E-state index contributed by atoms with van der Waals surface area (Å²) >= 11 is 0.570. The Bertz CT molecular complexity index is 1190. The molecule has 0 fully saturated rings. The molecule has 0 unspecified atom stereocenters. The minimum absolute atomic E-state index is 0.142. The number of benzene rings is 2. The van der Waals surface area contributed by atoms with Crippen LogP contribution in [0.25, 0.3) is 10.8 Å². The molecule has 0 spiro atoms. The summed E-state index contributed by atoms with van der Waals surface area (Å²) < 4.78 is 40.1. The summed E-state index contributed by atoms with van der Waals surface area (Å²) in [4.78, 5) is 10.7. The molecule has 0 saturated heterocycles. The predicted molar refractivity (Wildman–Crippen MR) is 116 cm³/mol. The molecule has 0 aliphatic carbocycles. The summed E-state index contributed by atoms with van der Waals surface area (Å²) in [5.74, 6) is -0.804. The third-order valence-corrected chi connectivity index (χ3v) is 7.47. The van der Waals surface area contributed by atoms with Gasteiger partial charge in [-0.1, -0.05) is 0 Å². The molecule has 32 heavy (non-hydrogen) atoms. The minimum Gasteiger partial charge on any atom is -0.691 e. The molecule has 0 saturated carbocycles. The molecule has 0 radical (unpaired) electrons. The molecule has 1 aliphatic heterocycles. The van der Waals surface area contributed by atoms with E-state index in [1.807, 2.05) is 32.9 Å². The van der Waals surface area contributed by atoms with E-state index in [1.165, 1.54) is 12.1 Å². The van der Waals surface area contributed by atoms with Gasteiger partial charge in [-0.3, -0.25) is 14.4 Å². The Morgan fingerprint density at radius 3 is 2.53 bits per heavy atom. The largest absolute Gasteiger partial charge is 0.691 e. The van der Waals surface area contributed by atoms with Gasteiger partial charge >= 0.3 is 5.97 Å². The Morgan fingerprint density at radius 2 is 1.91 bits per heavy atom. The molecule has 174 valence electrons. The van der Waals surface area contributed by atoms with Crippen molar-refractivity contribution in [2.24, 2.45) is 0 Å². The second kappa shape index (κ2) is 9.46. The Kier molecular flexibility index (Phi) is 7.28. The summed E-state index contributed by atoms with van der Waals surface area (Å²) in [5, 5.41) is 23.8. The summed E-state index contributed by atoms with van der Waals surface area (Å²) in [7, 11) is -4.51. The number of fused-ring (bicyclic) bond motifs is 3. The van der Waals surface area contributed by atoms with Gasteiger partial charge < -0.3 is 10.4 Å². The molecule has 0 amide bonds. The van der Waals surface area contributed by atoms with E-state index in [-0.39, 0.29) is 11.3 Å². The molecule has 0 atom stereocenters. The molecule has 0 aromatic heterocycles. The first-order chi connectivity index (χ1) is 15.0. The van der Waals surface area contributed by atoms with Crippen molar-refractivity contribution in [2.75, 3.05) is 6.54 Å². The number of aliphatic carboxylic acids is 1. The molecular weight excluding hydrogens is 458 g/mol. The average molecular weight is 484 g/mol. The molecule has 1 heterocycles. The van der Waals surface area contributed by atoms with E-state index < -0.39 is 21.5 Å². The van der Waals surface area contributed by atoms with Crippen LogP contribution in [0.3, 0.4) is 0 Å². The van der Waals surface area contributed by atoms with Crippen molar-refractivity contribution in [3.8, 4) is 0 Å². The lowest BCUT2D eigenvalue weighted by molar-refractivity contribution is -0.777. The number of hydrogen-bond donors (Lipinski definition) is 2. The van der Waals surface area contributed by atoms with Crippen LogP contribution >= 0.6 is 12.0 Å². The summed E-state index contributed by atoms with van der Waals surface area (Å²) in [6, 6.07) is 6.40. The van der Waals surface area contributed by atoms with Crippen LogP contribution in [0.5, 0.6) is 0 Å². The van der Waals surface area contributed by atoms with Gasteiger partial charge in [-0.25, -0.2) is 0 Å². The topological polar surface area (TPSA) is 136 Å². The van der Waals surface area contributed by atoms with Gasteiger partial charge in [-0.2, -0.15) is 17.3 Å². The quantitative estimate of drug-likeness (QED) is 0.130. The van der Waals surface area contributed by atoms with Crippen LogP contribution in [-0.4, -0.2) is 40.9 Å². The van der Waals surface area contributed by atoms with E-state index in [1.54, 1.807) is 0 Å². The van der Waals surface area contributed by atoms with Crippen molar-refractivity contribution in [1.29, 1.82) is 0 Å². The van der Waals surface area contributed by atoms with Gasteiger partial charge in [0.25, 0.3) is 10.1 Å². The van der Waals surface area contributed by atoms with Crippen molar-refractivity contribution < 1.29 is 42.1 Å². The standard InChI is InChI=1S/C21H25NO8S2/c1-13-21(2,3)20-16-11-14(32(26,27)28)12-18(31-30-29-25)15(16)8-9-17(20)22(13)10-6-4-5-7-19(23)24/h8-9,11-12H,4-7,10H2,1-3H3,(H2-,23,24,25,26,27,28). The Balaban J connectivity index is 2.09. The minimum atomic E-state index is -4.51. The lowest BCUT2D eigenvalue weighted by Crippen LogP contribution is -2.27. The number of nitrogens with zero attached hydrogens (tertiary/aromatic N) is 1. The number of unbranched alkanes of at least 4 members (excludes halogenated alkanes) is 2. The van der Waals surface area contributed by atoms with E-state index in [0.29, 0.717) is 40.7 Å². The first kappa shape index (κ1) is 24.6. The maximum atomic E-state index is 11.9. The van der Waals surface area contributed by atoms with Gasteiger partial charge in [0, 0.05) is 36.3 Å². The SMILES string of the molecule is CC1=[N+](CCCCCC(=O)O)c2ccc3c(SOO[O-])cc(S(=O)(=O)O)cc3c2C1(C)C. The van der Waals surface area contributed by atoms with E-state index in [4.69, 9.17) is 5.11 Å². The highest BCUT2D eigenvalue weighted by molar-refractivity contribution is 7.94. The third-order valence-electron chi connectivity index (χ3n) is 6.00. The fourth-order valence-electron chi connectivity index (χ4n) is 4.22. The van der Waals surface area contributed by atoms with Crippen LogP contribution in [0, 0.1) is 0 Å². The maximum absolute atomic E-state index is 11.9. The highest BCUT2D eigenvalue weighted by Gasteiger charge is 2.44. The van der Waals surface area contributed by atoms with Crippen molar-refractivity contribution >= 4 is 50.3 Å². The zero-order valence-electron chi connectivity index (χ0n) is 18.0. The molecular formula is C21H25NO8S2. The number of hydrogen-bond acceptors (Lipinski definition) is 7. The van der Waals surface area contributed by atoms with Crippen molar-refractivity contribution in [3.05, 3.63) is 29.8 Å². The monoisotopic (exact) mass is 483 g/mol. The van der Waals surface area contributed by atoms with Crippen LogP contribution in [0.1, 0.15) is 52.0 Å². The van der Waals surface area contributed by atoms with Crippen LogP contribution in [0.15, 0.2) is 34.1 Å². The zero-order valence-corrected chi connectivity index (χ0v) is 19.6. The van der Waals surface area contributed by atoms with Gasteiger partial charge in [0.15, 0.2) is 5.71 Å². The summed E-state index contributed by atoms with van der Waals surface area (Å²) in [5.41, 5.74) is 2.45. The van der Waals surface area contributed by atoms with Crippen LogP contribution in [-0.2, 0) is 29.7 Å². The van der Waals surface area contributed by atoms with Gasteiger partial charge in [-0.15, -0.1) is 0 Å². The summed E-state index contributed by atoms with van der Waals surface area (Å²) in [6.07, 6.45) is 2.33. The summed E-state index contributed by atoms with van der Waals surface area (Å²) in [6.45, 7) is 6.78. The number of carbonyl (C=O) groups is 1. The smallest absolute Gasteiger partial charge is 0.303 e. The first-order valence-electron chi connectivity index (χ1n) is 10.0. The Labute approximate surface area is 190 Å². The highest BCUT2D eigenvalue weighted by atomic mass is 32.2. The van der Waals surface area contributed by atoms with Gasteiger partial charge in [0.1, 0.15) is 6.54 Å². The molecule has 1 aliphatic rings.